The topological polar surface area (TPSA) is 35.5 Å². The van der Waals surface area contributed by atoms with E-state index < -0.39 is 0 Å². The molecule has 88 valence electrons. The van der Waals surface area contributed by atoms with Crippen molar-refractivity contribution in [1.29, 1.82) is 0 Å². The van der Waals surface area contributed by atoms with Crippen molar-refractivity contribution in [1.82, 2.24) is 0 Å². The van der Waals surface area contributed by atoms with Crippen LogP contribution < -0.4 is 4.74 Å². The van der Waals surface area contributed by atoms with Crippen LogP contribution >= 0.6 is 45.2 Å². The van der Waals surface area contributed by atoms with Gasteiger partial charge in [-0.2, -0.15) is 0 Å². The molecule has 0 heterocycles. The van der Waals surface area contributed by atoms with Crippen LogP contribution in [0.25, 0.3) is 0 Å². The summed E-state index contributed by atoms with van der Waals surface area (Å²) in [5.74, 6) is 0.522. The fourth-order valence-corrected chi connectivity index (χ4v) is 3.36. The lowest BCUT2D eigenvalue weighted by Gasteiger charge is -2.09. The lowest BCUT2D eigenvalue weighted by molar-refractivity contribution is 0.0505. The SMILES string of the molecule is CCCOC(=O)c1cc(I)c(OC)c(I)c1. The second-order valence-corrected chi connectivity index (χ2v) is 5.43. The summed E-state index contributed by atoms with van der Waals surface area (Å²) in [5.41, 5.74) is 0.572. The minimum atomic E-state index is -0.277. The van der Waals surface area contributed by atoms with Gasteiger partial charge in [-0.25, -0.2) is 4.79 Å². The van der Waals surface area contributed by atoms with Crippen molar-refractivity contribution in [3.05, 3.63) is 24.8 Å². The molecule has 0 fully saturated rings. The number of methoxy groups -OCH3 is 1. The lowest BCUT2D eigenvalue weighted by Crippen LogP contribution is -2.07. The van der Waals surface area contributed by atoms with Gasteiger partial charge in [-0.3, -0.25) is 0 Å². The van der Waals surface area contributed by atoms with Crippen LogP contribution in [0, 0.1) is 7.14 Å². The van der Waals surface area contributed by atoms with E-state index in [1.165, 1.54) is 0 Å². The van der Waals surface area contributed by atoms with Gasteiger partial charge in [0, 0.05) is 0 Å². The Morgan fingerprint density at radius 1 is 1.31 bits per heavy atom. The number of ether oxygens (including phenoxy) is 2. The molecule has 1 rings (SSSR count). The molecule has 0 saturated heterocycles. The van der Waals surface area contributed by atoms with Crippen LogP contribution in [0.5, 0.6) is 5.75 Å². The molecule has 0 atom stereocenters. The lowest BCUT2D eigenvalue weighted by atomic mass is 10.2. The van der Waals surface area contributed by atoms with E-state index in [-0.39, 0.29) is 5.97 Å². The van der Waals surface area contributed by atoms with E-state index in [2.05, 4.69) is 45.2 Å². The summed E-state index contributed by atoms with van der Waals surface area (Å²) in [5, 5.41) is 0. The van der Waals surface area contributed by atoms with Gasteiger partial charge in [-0.1, -0.05) is 6.92 Å². The zero-order valence-electron chi connectivity index (χ0n) is 9.05. The molecule has 3 nitrogen and oxygen atoms in total. The summed E-state index contributed by atoms with van der Waals surface area (Å²) in [6.45, 7) is 2.42. The maximum atomic E-state index is 11.6. The summed E-state index contributed by atoms with van der Waals surface area (Å²) < 4.78 is 12.1. The molecule has 16 heavy (non-hydrogen) atoms. The quantitative estimate of drug-likeness (QED) is 0.526. The normalized spacial score (nSPS) is 10.0. The van der Waals surface area contributed by atoms with Crippen molar-refractivity contribution in [2.75, 3.05) is 13.7 Å². The number of carbonyl (C=O) groups excluding carboxylic acids is 1. The highest BCUT2D eigenvalue weighted by molar-refractivity contribution is 14.1. The molecule has 0 radical (unpaired) electrons. The molecule has 0 aromatic heterocycles. The van der Waals surface area contributed by atoms with E-state index >= 15 is 0 Å². The Balaban J connectivity index is 2.95. The first kappa shape index (κ1) is 14.0. The predicted octanol–water partition coefficient (Wildman–Crippen LogP) is 3.47. The number of benzene rings is 1. The number of rotatable bonds is 4. The molecule has 0 amide bonds. The van der Waals surface area contributed by atoms with Gasteiger partial charge in [0.2, 0.25) is 0 Å². The number of hydrogen-bond acceptors (Lipinski definition) is 3. The van der Waals surface area contributed by atoms with Gasteiger partial charge >= 0.3 is 5.97 Å². The van der Waals surface area contributed by atoms with Gasteiger partial charge in [0.1, 0.15) is 5.75 Å². The Labute approximate surface area is 122 Å². The van der Waals surface area contributed by atoms with Gasteiger partial charge in [0.15, 0.2) is 0 Å². The zero-order chi connectivity index (χ0) is 12.1. The maximum absolute atomic E-state index is 11.6. The highest BCUT2D eigenvalue weighted by atomic mass is 127. The summed E-state index contributed by atoms with van der Waals surface area (Å²) in [4.78, 5) is 11.6. The predicted molar refractivity (Wildman–Crippen MR) is 79.0 cm³/mol. The molecule has 0 N–H and O–H groups in total. The minimum absolute atomic E-state index is 0.277. The molecule has 5 heteroatoms. The Bertz CT molecular complexity index is 368. The van der Waals surface area contributed by atoms with E-state index in [0.717, 1.165) is 19.3 Å². The smallest absolute Gasteiger partial charge is 0.338 e. The Hall–Kier alpha value is -0.0500. The third-order valence-electron chi connectivity index (χ3n) is 1.88. The molecule has 0 saturated carbocycles. The molecule has 0 bridgehead atoms. The second kappa shape index (κ2) is 6.63. The summed E-state index contributed by atoms with van der Waals surface area (Å²) >= 11 is 4.29. The molecule has 0 spiro atoms. The minimum Gasteiger partial charge on any atom is -0.495 e. The van der Waals surface area contributed by atoms with Gasteiger partial charge in [-0.05, 0) is 63.7 Å². The first-order chi connectivity index (χ1) is 7.60. The van der Waals surface area contributed by atoms with E-state index in [0.29, 0.717) is 12.2 Å². The summed E-state index contributed by atoms with van der Waals surface area (Å²) in [6.07, 6.45) is 0.829. The molecular formula is C11H12I2O3. The third-order valence-corrected chi connectivity index (χ3v) is 3.48. The molecule has 0 aliphatic heterocycles. The highest BCUT2D eigenvalue weighted by Gasteiger charge is 2.13. The van der Waals surface area contributed by atoms with Crippen LogP contribution in [-0.2, 0) is 4.74 Å². The van der Waals surface area contributed by atoms with Crippen molar-refractivity contribution < 1.29 is 14.3 Å². The molecule has 1 aromatic rings. The fraction of sp³-hybridized carbons (Fsp3) is 0.364. The Kier molecular flexibility index (Phi) is 5.81. The molecule has 0 aliphatic rings. The summed E-state index contributed by atoms with van der Waals surface area (Å²) in [7, 11) is 1.62. The molecular weight excluding hydrogens is 434 g/mol. The number of carbonyl (C=O) groups is 1. The first-order valence-corrected chi connectivity index (χ1v) is 6.96. The zero-order valence-corrected chi connectivity index (χ0v) is 13.4. The van der Waals surface area contributed by atoms with E-state index in [1.807, 2.05) is 6.92 Å². The highest BCUT2D eigenvalue weighted by Crippen LogP contribution is 2.28. The van der Waals surface area contributed by atoms with Gasteiger partial charge in [-0.15, -0.1) is 0 Å². The molecule has 1 aromatic carbocycles. The molecule has 0 unspecified atom stereocenters. The monoisotopic (exact) mass is 446 g/mol. The van der Waals surface area contributed by atoms with E-state index in [9.17, 15) is 4.79 Å². The van der Waals surface area contributed by atoms with Crippen LogP contribution in [0.3, 0.4) is 0 Å². The Morgan fingerprint density at radius 3 is 2.31 bits per heavy atom. The molecule has 0 aliphatic carbocycles. The van der Waals surface area contributed by atoms with Crippen molar-refractivity contribution in [2.45, 2.75) is 13.3 Å². The van der Waals surface area contributed by atoms with Crippen LogP contribution in [-0.4, -0.2) is 19.7 Å². The van der Waals surface area contributed by atoms with Gasteiger partial charge in [0.25, 0.3) is 0 Å². The van der Waals surface area contributed by atoms with Crippen LogP contribution in [0.2, 0.25) is 0 Å². The van der Waals surface area contributed by atoms with E-state index in [4.69, 9.17) is 9.47 Å². The van der Waals surface area contributed by atoms with Crippen molar-refractivity contribution in [3.8, 4) is 5.75 Å². The maximum Gasteiger partial charge on any atom is 0.338 e. The average Bonchev–Trinajstić information content (AvgIpc) is 2.25. The van der Waals surface area contributed by atoms with Crippen LogP contribution in [0.4, 0.5) is 0 Å². The van der Waals surface area contributed by atoms with E-state index in [1.54, 1.807) is 19.2 Å². The van der Waals surface area contributed by atoms with Crippen molar-refractivity contribution in [2.24, 2.45) is 0 Å². The van der Waals surface area contributed by atoms with Crippen molar-refractivity contribution in [3.63, 3.8) is 0 Å². The van der Waals surface area contributed by atoms with Gasteiger partial charge in [0.05, 0.1) is 26.4 Å². The largest absolute Gasteiger partial charge is 0.495 e. The first-order valence-electron chi connectivity index (χ1n) is 4.80. The summed E-state index contributed by atoms with van der Waals surface area (Å²) in [6, 6.07) is 3.55. The number of halogens is 2. The van der Waals surface area contributed by atoms with Crippen LogP contribution in [0.15, 0.2) is 12.1 Å². The van der Waals surface area contributed by atoms with Gasteiger partial charge < -0.3 is 9.47 Å². The standard InChI is InChI=1S/C11H12I2O3/c1-3-4-16-11(14)7-5-8(12)10(15-2)9(13)6-7/h5-6H,3-4H2,1-2H3. The number of hydrogen-bond donors (Lipinski definition) is 0. The Morgan fingerprint density at radius 2 is 1.88 bits per heavy atom. The fourth-order valence-electron chi connectivity index (χ4n) is 1.15. The second-order valence-electron chi connectivity index (χ2n) is 3.11. The van der Waals surface area contributed by atoms with Crippen molar-refractivity contribution >= 4 is 51.2 Å². The third kappa shape index (κ3) is 3.47. The van der Waals surface area contributed by atoms with Crippen LogP contribution in [0.1, 0.15) is 23.7 Å². The average molecular weight is 446 g/mol. The number of esters is 1.